The van der Waals surface area contributed by atoms with Crippen LogP contribution in [0.25, 0.3) is 22.3 Å². The number of aromatic nitrogens is 5. The SMILES string of the molecule is [CH]C(C)Cn1cnc(-c2ccnc(Nc3cc(C)c4[nH]c(C(=O)N(C)C)cc4c3)n2)c1. The fraction of sp³-hybridized carbons (Fsp3) is 0.261. The predicted octanol–water partition coefficient (Wildman–Crippen LogP) is 3.92. The molecule has 3 aromatic heterocycles. The summed E-state index contributed by atoms with van der Waals surface area (Å²) in [6.07, 6.45) is 5.38. The highest BCUT2D eigenvalue weighted by Crippen LogP contribution is 2.26. The lowest BCUT2D eigenvalue weighted by Crippen LogP contribution is -2.21. The number of aromatic amines is 1. The Labute approximate surface area is 181 Å². The van der Waals surface area contributed by atoms with Crippen LogP contribution in [-0.2, 0) is 6.54 Å². The van der Waals surface area contributed by atoms with Crippen molar-refractivity contribution in [2.24, 2.45) is 5.92 Å². The molecule has 1 unspecified atom stereocenters. The second-order valence-electron chi connectivity index (χ2n) is 7.96. The molecule has 2 N–H and O–H groups in total. The molecule has 8 heteroatoms. The molecule has 0 saturated carbocycles. The Morgan fingerprint density at radius 1 is 1.26 bits per heavy atom. The van der Waals surface area contributed by atoms with Crippen LogP contribution in [0.1, 0.15) is 23.0 Å². The van der Waals surface area contributed by atoms with Crippen molar-refractivity contribution in [1.82, 2.24) is 29.4 Å². The van der Waals surface area contributed by atoms with E-state index in [1.165, 1.54) is 0 Å². The molecule has 8 nitrogen and oxygen atoms in total. The van der Waals surface area contributed by atoms with Gasteiger partial charge in [-0.05, 0) is 49.6 Å². The molecule has 4 aromatic rings. The Balaban J connectivity index is 1.60. The number of anilines is 2. The molecule has 158 valence electrons. The summed E-state index contributed by atoms with van der Waals surface area (Å²) in [5.74, 6) is 0.451. The predicted molar refractivity (Wildman–Crippen MR) is 121 cm³/mol. The molecule has 0 aliphatic heterocycles. The van der Waals surface area contributed by atoms with Crippen molar-refractivity contribution in [2.45, 2.75) is 20.4 Å². The topological polar surface area (TPSA) is 91.7 Å². The third-order valence-electron chi connectivity index (χ3n) is 4.87. The number of carbonyl (C=O) groups excluding carboxylic acids is 1. The van der Waals surface area contributed by atoms with Crippen LogP contribution in [-0.4, -0.2) is 49.4 Å². The lowest BCUT2D eigenvalue weighted by atomic mass is 10.1. The minimum Gasteiger partial charge on any atom is -0.350 e. The molecule has 1 aromatic carbocycles. The number of aryl methyl sites for hydroxylation is 1. The van der Waals surface area contributed by atoms with Crippen molar-refractivity contribution in [3.63, 3.8) is 0 Å². The van der Waals surface area contributed by atoms with Crippen LogP contribution in [0, 0.1) is 19.8 Å². The summed E-state index contributed by atoms with van der Waals surface area (Å²) in [6, 6.07) is 7.65. The van der Waals surface area contributed by atoms with E-state index in [0.29, 0.717) is 18.2 Å². The number of carbonyl (C=O) groups is 1. The number of nitrogens with one attached hydrogen (secondary N) is 2. The number of nitrogens with zero attached hydrogens (tertiary/aromatic N) is 5. The summed E-state index contributed by atoms with van der Waals surface area (Å²) in [7, 11) is 3.47. The number of hydrogen-bond donors (Lipinski definition) is 2. The van der Waals surface area contributed by atoms with E-state index < -0.39 is 0 Å². The first kappa shape index (κ1) is 20.6. The highest BCUT2D eigenvalue weighted by atomic mass is 16.2. The van der Waals surface area contributed by atoms with Crippen molar-refractivity contribution in [3.05, 3.63) is 61.2 Å². The molecule has 1 atom stereocenters. The van der Waals surface area contributed by atoms with Crippen molar-refractivity contribution >= 4 is 28.4 Å². The second-order valence-corrected chi connectivity index (χ2v) is 7.96. The van der Waals surface area contributed by atoms with Crippen molar-refractivity contribution in [1.29, 1.82) is 0 Å². The minimum absolute atomic E-state index is 0.0461. The van der Waals surface area contributed by atoms with E-state index in [-0.39, 0.29) is 11.8 Å². The molecular formula is C23H25N7O. The zero-order valence-electron chi connectivity index (χ0n) is 18.0. The van der Waals surface area contributed by atoms with E-state index in [2.05, 4.69) is 25.3 Å². The van der Waals surface area contributed by atoms with E-state index in [9.17, 15) is 4.79 Å². The van der Waals surface area contributed by atoms with Crippen LogP contribution < -0.4 is 5.32 Å². The monoisotopic (exact) mass is 415 g/mol. The lowest BCUT2D eigenvalue weighted by molar-refractivity contribution is 0.0823. The molecule has 2 radical (unpaired) electrons. The zero-order valence-corrected chi connectivity index (χ0v) is 18.0. The molecule has 3 heterocycles. The number of H-pyrrole nitrogens is 1. The fourth-order valence-corrected chi connectivity index (χ4v) is 3.47. The normalized spacial score (nSPS) is 11.3. The number of amides is 1. The first-order valence-corrected chi connectivity index (χ1v) is 10.0. The quantitative estimate of drug-likeness (QED) is 0.498. The molecule has 0 aliphatic rings. The van der Waals surface area contributed by atoms with Crippen LogP contribution in [0.5, 0.6) is 0 Å². The summed E-state index contributed by atoms with van der Waals surface area (Å²) in [6.45, 7) is 10.5. The van der Waals surface area contributed by atoms with E-state index >= 15 is 0 Å². The van der Waals surface area contributed by atoms with Gasteiger partial charge in [0, 0.05) is 49.6 Å². The first-order valence-electron chi connectivity index (χ1n) is 10.0. The smallest absolute Gasteiger partial charge is 0.269 e. The average molecular weight is 416 g/mol. The van der Waals surface area contributed by atoms with Gasteiger partial charge in [-0.1, -0.05) is 6.92 Å². The van der Waals surface area contributed by atoms with Crippen molar-refractivity contribution < 1.29 is 4.79 Å². The minimum atomic E-state index is -0.0652. The second kappa shape index (κ2) is 8.22. The molecular weight excluding hydrogens is 390 g/mol. The largest absolute Gasteiger partial charge is 0.350 e. The molecule has 0 saturated heterocycles. The molecule has 0 bridgehead atoms. The Morgan fingerprint density at radius 3 is 2.81 bits per heavy atom. The van der Waals surface area contributed by atoms with Crippen molar-refractivity contribution in [3.8, 4) is 11.4 Å². The summed E-state index contributed by atoms with van der Waals surface area (Å²) in [5.41, 5.74) is 4.83. The van der Waals surface area contributed by atoms with Gasteiger partial charge in [-0.3, -0.25) is 4.79 Å². The molecule has 0 spiro atoms. The third kappa shape index (κ3) is 4.42. The van der Waals surface area contributed by atoms with Gasteiger partial charge in [0.1, 0.15) is 11.4 Å². The molecule has 4 rings (SSSR count). The zero-order chi connectivity index (χ0) is 22.1. The Kier molecular flexibility index (Phi) is 5.46. The Bertz CT molecular complexity index is 1240. The summed E-state index contributed by atoms with van der Waals surface area (Å²) in [5, 5.41) is 4.20. The maximum atomic E-state index is 12.3. The maximum absolute atomic E-state index is 12.3. The van der Waals surface area contributed by atoms with E-state index in [4.69, 9.17) is 6.92 Å². The molecule has 1 amide bonds. The fourth-order valence-electron chi connectivity index (χ4n) is 3.47. The van der Waals surface area contributed by atoms with E-state index in [0.717, 1.165) is 33.5 Å². The van der Waals surface area contributed by atoms with Crippen LogP contribution >= 0.6 is 0 Å². The Morgan fingerprint density at radius 2 is 2.06 bits per heavy atom. The average Bonchev–Trinajstić information content (AvgIpc) is 3.34. The van der Waals surface area contributed by atoms with Gasteiger partial charge in [-0.15, -0.1) is 0 Å². The van der Waals surface area contributed by atoms with Gasteiger partial charge in [0.25, 0.3) is 5.91 Å². The van der Waals surface area contributed by atoms with Gasteiger partial charge in [0.05, 0.1) is 12.0 Å². The van der Waals surface area contributed by atoms with Gasteiger partial charge in [-0.2, -0.15) is 0 Å². The Hall–Kier alpha value is -3.68. The van der Waals surface area contributed by atoms with E-state index in [1.807, 2.05) is 48.9 Å². The van der Waals surface area contributed by atoms with Crippen LogP contribution in [0.2, 0.25) is 0 Å². The van der Waals surface area contributed by atoms with Gasteiger partial charge in [0.15, 0.2) is 0 Å². The first-order chi connectivity index (χ1) is 14.8. The van der Waals surface area contributed by atoms with Gasteiger partial charge in [0.2, 0.25) is 5.95 Å². The molecule has 31 heavy (non-hydrogen) atoms. The lowest BCUT2D eigenvalue weighted by Gasteiger charge is -2.08. The number of benzene rings is 1. The molecule has 0 fully saturated rings. The van der Waals surface area contributed by atoms with Crippen LogP contribution in [0.3, 0.4) is 0 Å². The van der Waals surface area contributed by atoms with Crippen LogP contribution in [0.4, 0.5) is 11.6 Å². The van der Waals surface area contributed by atoms with Crippen LogP contribution in [0.15, 0.2) is 43.0 Å². The van der Waals surface area contributed by atoms with Gasteiger partial charge >= 0.3 is 0 Å². The maximum Gasteiger partial charge on any atom is 0.269 e. The van der Waals surface area contributed by atoms with Gasteiger partial charge in [-0.25, -0.2) is 15.0 Å². The standard InChI is InChI=1S/C23H25N7O/c1-14(2)11-30-12-20(25-13-30)18-6-7-24-23(28-18)26-17-8-15(3)21-16(9-17)10-19(27-21)22(31)29(4)5/h1,6-10,12-14,27H,11H2,2-5H3,(H,24,26,28). The number of rotatable bonds is 6. The number of fused-ring (bicyclic) bond motifs is 1. The van der Waals surface area contributed by atoms with E-state index in [1.54, 1.807) is 31.5 Å². The number of hydrogen-bond acceptors (Lipinski definition) is 5. The highest BCUT2D eigenvalue weighted by Gasteiger charge is 2.14. The summed E-state index contributed by atoms with van der Waals surface area (Å²) < 4.78 is 1.95. The third-order valence-corrected chi connectivity index (χ3v) is 4.87. The molecule has 0 aliphatic carbocycles. The van der Waals surface area contributed by atoms with Gasteiger partial charge < -0.3 is 19.8 Å². The van der Waals surface area contributed by atoms with Crippen molar-refractivity contribution in [2.75, 3.05) is 19.4 Å². The summed E-state index contributed by atoms with van der Waals surface area (Å²) in [4.78, 5) is 30.4. The highest BCUT2D eigenvalue weighted by molar-refractivity contribution is 5.99. The summed E-state index contributed by atoms with van der Waals surface area (Å²) >= 11 is 0. The number of imidazole rings is 1.